The van der Waals surface area contributed by atoms with Crippen LogP contribution in [0.25, 0.3) is 0 Å². The van der Waals surface area contributed by atoms with Gasteiger partial charge < -0.3 is 0 Å². The van der Waals surface area contributed by atoms with Crippen LogP contribution in [0, 0.1) is 0 Å². The molecule has 0 saturated heterocycles. The van der Waals surface area contributed by atoms with Crippen molar-refractivity contribution in [3.05, 3.63) is 33.8 Å². The topological polar surface area (TPSA) is 46.2 Å². The molecule has 1 rings (SSSR count). The van der Waals surface area contributed by atoms with E-state index >= 15 is 0 Å². The van der Waals surface area contributed by atoms with Gasteiger partial charge in [-0.15, -0.1) is 0 Å². The number of hydrogen-bond acceptors (Lipinski definition) is 2. The Labute approximate surface area is 87.3 Å². The molecule has 1 aromatic carbocycles. The summed E-state index contributed by atoms with van der Waals surface area (Å²) >= 11 is 6.06. The predicted octanol–water partition coefficient (Wildman–Crippen LogP) is 0.547. The molecule has 0 aliphatic carbocycles. The van der Waals surface area contributed by atoms with Crippen LogP contribution < -0.4 is 5.73 Å². The molecular formula is C8H8BrNOSe. The fraction of sp³-hybridized carbons (Fsp3) is 0.125. The van der Waals surface area contributed by atoms with Gasteiger partial charge in [-0.3, -0.25) is 0 Å². The predicted molar refractivity (Wildman–Crippen MR) is 54.1 cm³/mol. The zero-order valence-corrected chi connectivity index (χ0v) is 9.55. The molecule has 0 saturated carbocycles. The maximum absolute atomic E-state index is 8.87. The Morgan fingerprint density at radius 1 is 1.58 bits per heavy atom. The quantitative estimate of drug-likeness (QED) is 0.782. The first kappa shape index (κ1) is 9.93. The van der Waals surface area contributed by atoms with Crippen LogP contribution in [0.15, 0.2) is 22.7 Å². The number of rotatable bonds is 2. The van der Waals surface area contributed by atoms with E-state index in [-0.39, 0.29) is 6.61 Å². The molecule has 12 heavy (non-hydrogen) atoms. The van der Waals surface area contributed by atoms with E-state index in [1.54, 1.807) is 0 Å². The summed E-state index contributed by atoms with van der Waals surface area (Å²) < 4.78 is 1.53. The summed E-state index contributed by atoms with van der Waals surface area (Å²) in [6.45, 7) is 0.0359. The van der Waals surface area contributed by atoms with Crippen molar-refractivity contribution in [1.82, 2.24) is 0 Å². The van der Waals surface area contributed by atoms with Crippen LogP contribution >= 0.6 is 15.9 Å². The summed E-state index contributed by atoms with van der Waals surface area (Å²) in [6.07, 6.45) is 0. The number of benzene rings is 1. The van der Waals surface area contributed by atoms with E-state index in [9.17, 15) is 0 Å². The Balaban J connectivity index is 3.10. The van der Waals surface area contributed by atoms with Gasteiger partial charge in [0.25, 0.3) is 0 Å². The van der Waals surface area contributed by atoms with E-state index < -0.39 is 0 Å². The molecule has 0 aliphatic heterocycles. The number of aliphatic hydroxyl groups excluding tert-OH is 1. The monoisotopic (exact) mass is 293 g/mol. The van der Waals surface area contributed by atoms with Crippen LogP contribution in [0.5, 0.6) is 0 Å². The molecular weight excluding hydrogens is 285 g/mol. The van der Waals surface area contributed by atoms with Gasteiger partial charge in [-0.25, -0.2) is 0 Å². The Morgan fingerprint density at radius 2 is 2.25 bits per heavy atom. The Bertz CT molecular complexity index is 314. The number of hydrogen-bond donors (Lipinski definition) is 2. The van der Waals surface area contributed by atoms with Crippen molar-refractivity contribution in [1.29, 1.82) is 0 Å². The summed E-state index contributed by atoms with van der Waals surface area (Å²) in [6, 6.07) is 5.57. The van der Waals surface area contributed by atoms with Crippen molar-refractivity contribution in [2.75, 3.05) is 0 Å². The fourth-order valence-electron chi connectivity index (χ4n) is 0.829. The average Bonchev–Trinajstić information content (AvgIpc) is 2.04. The molecule has 64 valence electrons. The molecule has 3 N–H and O–H groups in total. The van der Waals surface area contributed by atoms with E-state index in [4.69, 9.17) is 10.8 Å². The minimum atomic E-state index is 0.0359. The first-order chi connectivity index (χ1) is 5.65. The first-order valence-electron chi connectivity index (χ1n) is 3.34. The molecule has 4 heteroatoms. The van der Waals surface area contributed by atoms with Crippen molar-refractivity contribution in [3.8, 4) is 0 Å². The van der Waals surface area contributed by atoms with Gasteiger partial charge in [0.1, 0.15) is 0 Å². The van der Waals surface area contributed by atoms with Gasteiger partial charge in [0.05, 0.1) is 0 Å². The van der Waals surface area contributed by atoms with E-state index in [1.807, 2.05) is 18.2 Å². The average molecular weight is 293 g/mol. The molecule has 0 aliphatic rings. The molecule has 0 amide bonds. The molecule has 0 atom stereocenters. The Morgan fingerprint density at radius 3 is 2.67 bits per heavy atom. The third-order valence-corrected chi connectivity index (χ3v) is 2.74. The second-order valence-corrected chi connectivity index (χ2v) is 4.11. The van der Waals surface area contributed by atoms with E-state index in [0.717, 1.165) is 15.6 Å². The van der Waals surface area contributed by atoms with Crippen LogP contribution in [0.1, 0.15) is 11.1 Å². The molecule has 0 radical (unpaired) electrons. The third kappa shape index (κ3) is 2.17. The minimum absolute atomic E-state index is 0.0359. The number of halogens is 1. The maximum atomic E-state index is 8.87. The molecule has 0 unspecified atom stereocenters. The SMILES string of the molecule is NC(=[Se])c1ccc(CO)c(Br)c1. The molecule has 2 nitrogen and oxygen atoms in total. The normalized spacial score (nSPS) is 9.83. The van der Waals surface area contributed by atoms with Crippen LogP contribution in [0.4, 0.5) is 0 Å². The van der Waals surface area contributed by atoms with Gasteiger partial charge >= 0.3 is 87.3 Å². The van der Waals surface area contributed by atoms with Gasteiger partial charge in [0.2, 0.25) is 0 Å². The van der Waals surface area contributed by atoms with Gasteiger partial charge in [0, 0.05) is 0 Å². The van der Waals surface area contributed by atoms with Crippen molar-refractivity contribution in [2.24, 2.45) is 5.73 Å². The third-order valence-electron chi connectivity index (χ3n) is 1.51. The zero-order valence-electron chi connectivity index (χ0n) is 6.25. The van der Waals surface area contributed by atoms with Crippen LogP contribution in [-0.2, 0) is 6.61 Å². The van der Waals surface area contributed by atoms with Crippen molar-refractivity contribution < 1.29 is 5.11 Å². The summed E-state index contributed by atoms with van der Waals surface area (Å²) in [5.41, 5.74) is 7.34. The van der Waals surface area contributed by atoms with Crippen molar-refractivity contribution >= 4 is 36.0 Å². The second-order valence-electron chi connectivity index (χ2n) is 2.33. The van der Waals surface area contributed by atoms with Gasteiger partial charge in [0.15, 0.2) is 0 Å². The molecule has 0 bridgehead atoms. The molecule has 0 heterocycles. The first-order valence-corrected chi connectivity index (χ1v) is 4.99. The standard InChI is InChI=1S/C8H8BrNOSe/c9-7-3-5(8(10)12)1-2-6(7)4-11/h1-3,11H,4H2,(H2,10,12). The van der Waals surface area contributed by atoms with Crippen LogP contribution in [0.3, 0.4) is 0 Å². The van der Waals surface area contributed by atoms with Gasteiger partial charge in [-0.05, 0) is 0 Å². The Hall–Kier alpha value is -0.151. The van der Waals surface area contributed by atoms with Crippen molar-refractivity contribution in [3.63, 3.8) is 0 Å². The van der Waals surface area contributed by atoms with E-state index in [0.29, 0.717) is 4.54 Å². The van der Waals surface area contributed by atoms with Gasteiger partial charge in [-0.1, -0.05) is 0 Å². The van der Waals surface area contributed by atoms with Crippen molar-refractivity contribution in [2.45, 2.75) is 6.61 Å². The molecule has 1 aromatic rings. The van der Waals surface area contributed by atoms with Gasteiger partial charge in [-0.2, -0.15) is 0 Å². The second kappa shape index (κ2) is 4.19. The van der Waals surface area contributed by atoms with E-state index in [2.05, 4.69) is 31.5 Å². The number of nitrogens with two attached hydrogens (primary N) is 1. The zero-order chi connectivity index (χ0) is 9.14. The summed E-state index contributed by atoms with van der Waals surface area (Å²) in [5, 5.41) is 8.87. The molecule has 0 fully saturated rings. The number of aliphatic hydroxyl groups is 1. The van der Waals surface area contributed by atoms with Crippen LogP contribution in [0.2, 0.25) is 0 Å². The molecule has 0 aromatic heterocycles. The summed E-state index contributed by atoms with van der Waals surface area (Å²) in [7, 11) is 0. The van der Waals surface area contributed by atoms with Crippen LogP contribution in [-0.4, -0.2) is 25.2 Å². The van der Waals surface area contributed by atoms with E-state index in [1.165, 1.54) is 0 Å². The molecule has 0 spiro atoms. The Kier molecular flexibility index (Phi) is 3.47. The summed E-state index contributed by atoms with van der Waals surface area (Å²) in [4.78, 5) is 0. The fourth-order valence-corrected chi connectivity index (χ4v) is 1.60. The summed E-state index contributed by atoms with van der Waals surface area (Å²) in [5.74, 6) is 0.